The summed E-state index contributed by atoms with van der Waals surface area (Å²) in [6, 6.07) is 2.25. The van der Waals surface area contributed by atoms with Crippen molar-refractivity contribution in [1.82, 2.24) is 4.98 Å². The first kappa shape index (κ1) is 12.0. The van der Waals surface area contributed by atoms with Crippen LogP contribution in [0.5, 0.6) is 5.75 Å². The number of ether oxygens (including phenoxy) is 1. The molecule has 0 aromatic carbocycles. The summed E-state index contributed by atoms with van der Waals surface area (Å²) in [5.74, 6) is -1.63. The van der Waals surface area contributed by atoms with Gasteiger partial charge in [0.1, 0.15) is 5.75 Å². The zero-order chi connectivity index (χ0) is 12.2. The van der Waals surface area contributed by atoms with Gasteiger partial charge in [0.25, 0.3) is 0 Å². The van der Waals surface area contributed by atoms with Crippen LogP contribution in [0.3, 0.4) is 0 Å². The molecular formula is C9H6F3NO3. The molecule has 0 aliphatic carbocycles. The Morgan fingerprint density at radius 1 is 1.44 bits per heavy atom. The van der Waals surface area contributed by atoms with E-state index in [2.05, 4.69) is 9.72 Å². The summed E-state index contributed by atoms with van der Waals surface area (Å²) >= 11 is 0. The molecule has 1 aromatic heterocycles. The highest BCUT2D eigenvalue weighted by atomic mass is 19.4. The van der Waals surface area contributed by atoms with Crippen molar-refractivity contribution in [3.63, 3.8) is 0 Å². The van der Waals surface area contributed by atoms with E-state index in [1.807, 2.05) is 0 Å². The SMILES string of the molecule is O=C(O)/C=C/c1ccc(OC(F)(F)F)cn1. The van der Waals surface area contributed by atoms with Crippen LogP contribution in [0, 0.1) is 0 Å². The third-order valence-corrected chi connectivity index (χ3v) is 1.39. The number of hydrogen-bond donors (Lipinski definition) is 1. The number of carboxylic acid groups (broad SMARTS) is 1. The summed E-state index contributed by atoms with van der Waals surface area (Å²) in [6.07, 6.45) is -1.93. The van der Waals surface area contributed by atoms with Gasteiger partial charge in [-0.3, -0.25) is 4.98 Å². The number of carboxylic acids is 1. The molecule has 1 aromatic rings. The molecule has 0 atom stereocenters. The highest BCUT2D eigenvalue weighted by molar-refractivity contribution is 5.84. The summed E-state index contributed by atoms with van der Waals surface area (Å²) < 4.78 is 38.8. The summed E-state index contributed by atoms with van der Waals surface area (Å²) in [5.41, 5.74) is 0.219. The molecule has 0 fully saturated rings. The molecule has 0 bridgehead atoms. The topological polar surface area (TPSA) is 59.4 Å². The molecule has 0 radical (unpaired) electrons. The van der Waals surface area contributed by atoms with Gasteiger partial charge >= 0.3 is 12.3 Å². The Bertz CT molecular complexity index is 397. The van der Waals surface area contributed by atoms with Gasteiger partial charge in [0.05, 0.1) is 11.9 Å². The second-order valence-corrected chi connectivity index (χ2v) is 2.64. The Morgan fingerprint density at radius 2 is 2.12 bits per heavy atom. The number of nitrogens with zero attached hydrogens (tertiary/aromatic N) is 1. The highest BCUT2D eigenvalue weighted by Crippen LogP contribution is 2.21. The molecule has 0 aliphatic rings. The van der Waals surface area contributed by atoms with E-state index in [0.717, 1.165) is 24.4 Å². The lowest BCUT2D eigenvalue weighted by Crippen LogP contribution is -2.17. The zero-order valence-corrected chi connectivity index (χ0v) is 7.73. The number of pyridine rings is 1. The molecule has 0 saturated heterocycles. The number of aromatic nitrogens is 1. The van der Waals surface area contributed by atoms with Crippen molar-refractivity contribution in [2.24, 2.45) is 0 Å². The van der Waals surface area contributed by atoms with Crippen LogP contribution in [0.4, 0.5) is 13.2 Å². The molecule has 7 heteroatoms. The van der Waals surface area contributed by atoms with Gasteiger partial charge in [-0.1, -0.05) is 0 Å². The van der Waals surface area contributed by atoms with E-state index >= 15 is 0 Å². The van der Waals surface area contributed by atoms with Crippen LogP contribution in [0.25, 0.3) is 6.08 Å². The number of carbonyl (C=O) groups is 1. The maximum Gasteiger partial charge on any atom is 0.573 e. The van der Waals surface area contributed by atoms with E-state index in [9.17, 15) is 18.0 Å². The predicted molar refractivity (Wildman–Crippen MR) is 47.6 cm³/mol. The largest absolute Gasteiger partial charge is 0.573 e. The second kappa shape index (κ2) is 4.65. The van der Waals surface area contributed by atoms with Crippen molar-refractivity contribution < 1.29 is 27.8 Å². The highest BCUT2D eigenvalue weighted by Gasteiger charge is 2.31. The summed E-state index contributed by atoms with van der Waals surface area (Å²) in [5, 5.41) is 8.29. The summed E-state index contributed by atoms with van der Waals surface area (Å²) in [6.45, 7) is 0. The molecule has 0 unspecified atom stereocenters. The van der Waals surface area contributed by atoms with Crippen LogP contribution < -0.4 is 4.74 Å². The minimum absolute atomic E-state index is 0.219. The standard InChI is InChI=1S/C9H6F3NO3/c10-9(11,12)16-7-3-1-6(13-5-7)2-4-8(14)15/h1-5H,(H,14,15)/b4-2+. The zero-order valence-electron chi connectivity index (χ0n) is 7.73. The van der Waals surface area contributed by atoms with Gasteiger partial charge in [0.2, 0.25) is 0 Å². The Morgan fingerprint density at radius 3 is 2.56 bits per heavy atom. The van der Waals surface area contributed by atoms with Gasteiger partial charge in [0, 0.05) is 6.08 Å². The van der Waals surface area contributed by atoms with Crippen LogP contribution in [0.2, 0.25) is 0 Å². The third kappa shape index (κ3) is 4.45. The lowest BCUT2D eigenvalue weighted by molar-refractivity contribution is -0.274. The number of rotatable bonds is 3. The third-order valence-electron chi connectivity index (χ3n) is 1.39. The van der Waals surface area contributed by atoms with Crippen LogP contribution in [0.1, 0.15) is 5.69 Å². The van der Waals surface area contributed by atoms with Crippen molar-refractivity contribution >= 4 is 12.0 Å². The Hall–Kier alpha value is -2.05. The number of alkyl halides is 3. The number of halogens is 3. The molecular weight excluding hydrogens is 227 g/mol. The lowest BCUT2D eigenvalue weighted by atomic mass is 10.3. The van der Waals surface area contributed by atoms with Crippen LogP contribution in [0.15, 0.2) is 24.4 Å². The lowest BCUT2D eigenvalue weighted by Gasteiger charge is -2.07. The minimum Gasteiger partial charge on any atom is -0.478 e. The molecule has 0 spiro atoms. The van der Waals surface area contributed by atoms with Gasteiger partial charge in [-0.05, 0) is 18.2 Å². The molecule has 1 heterocycles. The smallest absolute Gasteiger partial charge is 0.478 e. The van der Waals surface area contributed by atoms with Crippen LogP contribution in [-0.2, 0) is 4.79 Å². The van der Waals surface area contributed by atoms with Crippen molar-refractivity contribution in [1.29, 1.82) is 0 Å². The Labute approximate surface area is 88.0 Å². The van der Waals surface area contributed by atoms with E-state index < -0.39 is 18.1 Å². The van der Waals surface area contributed by atoms with Gasteiger partial charge in [-0.25, -0.2) is 4.79 Å². The summed E-state index contributed by atoms with van der Waals surface area (Å²) in [4.78, 5) is 13.7. The maximum absolute atomic E-state index is 11.8. The first-order valence-electron chi connectivity index (χ1n) is 3.99. The number of aliphatic carboxylic acids is 1. The van der Waals surface area contributed by atoms with Crippen LogP contribution in [-0.4, -0.2) is 22.4 Å². The van der Waals surface area contributed by atoms with Gasteiger partial charge in [0.15, 0.2) is 0 Å². The number of hydrogen-bond acceptors (Lipinski definition) is 3. The first-order valence-corrected chi connectivity index (χ1v) is 3.99. The first-order chi connectivity index (χ1) is 7.37. The quantitative estimate of drug-likeness (QED) is 0.812. The van der Waals surface area contributed by atoms with Gasteiger partial charge < -0.3 is 9.84 Å². The fraction of sp³-hybridized carbons (Fsp3) is 0.111. The summed E-state index contributed by atoms with van der Waals surface area (Å²) in [7, 11) is 0. The molecule has 0 aliphatic heterocycles. The molecule has 16 heavy (non-hydrogen) atoms. The minimum atomic E-state index is -4.76. The van der Waals surface area contributed by atoms with E-state index in [1.165, 1.54) is 6.07 Å². The van der Waals surface area contributed by atoms with Gasteiger partial charge in [-0.2, -0.15) is 0 Å². The normalized spacial score (nSPS) is 11.7. The molecule has 86 valence electrons. The van der Waals surface area contributed by atoms with Crippen LogP contribution >= 0.6 is 0 Å². The predicted octanol–water partition coefficient (Wildman–Crippen LogP) is 2.08. The average molecular weight is 233 g/mol. The van der Waals surface area contributed by atoms with E-state index in [4.69, 9.17) is 5.11 Å². The Kier molecular flexibility index (Phi) is 3.49. The molecule has 1 rings (SSSR count). The van der Waals surface area contributed by atoms with Gasteiger partial charge in [-0.15, -0.1) is 13.2 Å². The Balaban J connectivity index is 2.72. The molecule has 4 nitrogen and oxygen atoms in total. The van der Waals surface area contributed by atoms with E-state index in [-0.39, 0.29) is 5.69 Å². The fourth-order valence-electron chi connectivity index (χ4n) is 0.841. The van der Waals surface area contributed by atoms with E-state index in [0.29, 0.717) is 0 Å². The molecule has 1 N–H and O–H groups in total. The molecule has 0 amide bonds. The van der Waals surface area contributed by atoms with Crippen molar-refractivity contribution in [2.75, 3.05) is 0 Å². The fourth-order valence-corrected chi connectivity index (χ4v) is 0.841. The van der Waals surface area contributed by atoms with Crippen molar-refractivity contribution in [2.45, 2.75) is 6.36 Å². The second-order valence-electron chi connectivity index (χ2n) is 2.64. The maximum atomic E-state index is 11.8. The average Bonchev–Trinajstić information content (AvgIpc) is 2.14. The molecule has 0 saturated carbocycles. The monoisotopic (exact) mass is 233 g/mol. The van der Waals surface area contributed by atoms with E-state index in [1.54, 1.807) is 0 Å². The van der Waals surface area contributed by atoms with Crippen molar-refractivity contribution in [3.05, 3.63) is 30.1 Å². The van der Waals surface area contributed by atoms with Crippen molar-refractivity contribution in [3.8, 4) is 5.75 Å².